The molecule has 34 nitrogen and oxygen atoms in total. The van der Waals surface area contributed by atoms with Crippen molar-refractivity contribution in [1.29, 1.82) is 0 Å². The number of ether oxygens (including phenoxy) is 10. The highest BCUT2D eigenvalue weighted by molar-refractivity contribution is 6.04. The van der Waals surface area contributed by atoms with E-state index in [1.807, 2.05) is 0 Å². The average molecular weight is 1650 g/mol. The van der Waals surface area contributed by atoms with Gasteiger partial charge in [0.25, 0.3) is 28.8 Å². The van der Waals surface area contributed by atoms with Gasteiger partial charge in [-0.25, -0.2) is 24.0 Å². The maximum Gasteiger partial charge on any atom is 0.363 e. The monoisotopic (exact) mass is 1650 g/mol. The van der Waals surface area contributed by atoms with Gasteiger partial charge in [0.2, 0.25) is 0 Å². The molecule has 2 spiro atoms. The molecule has 0 radical (unpaired) electrons. The fourth-order valence-corrected chi connectivity index (χ4v) is 13.9. The molecule has 8 aromatic rings. The molecule has 6 atom stereocenters. The third-order valence-corrected chi connectivity index (χ3v) is 20.6. The van der Waals surface area contributed by atoms with Crippen molar-refractivity contribution in [3.8, 4) is 46.0 Å². The number of amides is 3. The van der Waals surface area contributed by atoms with Crippen LogP contribution < -0.4 is 62.0 Å². The summed E-state index contributed by atoms with van der Waals surface area (Å²) in [5, 5.41) is 22.5. The molecule has 0 saturated carbocycles. The Morgan fingerprint density at radius 1 is 0.475 bits per heavy atom. The van der Waals surface area contributed by atoms with Crippen LogP contribution in [0.25, 0.3) is 0 Å². The molecule has 6 aromatic carbocycles. The van der Waals surface area contributed by atoms with E-state index in [0.717, 1.165) is 0 Å². The summed E-state index contributed by atoms with van der Waals surface area (Å²) in [5.41, 5.74) is 0.146. The van der Waals surface area contributed by atoms with E-state index in [1.54, 1.807) is 126 Å². The van der Waals surface area contributed by atoms with E-state index < -0.39 is 152 Å². The Bertz CT molecular complexity index is 5710. The number of H-pyrrole nitrogens is 2. The SMILES string of the molecule is CC(C)(C)C(=O)Oc1ccc2c(c1)Oc1cc(OC(=O)C(C)(C)C)ccc1C21OC(=O)c2ccc(C(=O)ON3C(=O)CCC3=O)cc21.Cc1cn([C@H]2C[C@@H](N)[C@@H](CO)O2)c(=O)[nH]c1=O.Cc1cn([C@H]2C[C@@H](NC(=O)c3ccc4c(c3)C3(OC4=O)c4ccc(OC(=O)C(C)(C)C)cc4Oc4cc(OC(=O)C(C)(C)C)ccc43)[C@@H](CO)O2)c(=O)[nH]c1=O. The summed E-state index contributed by atoms with van der Waals surface area (Å²) in [7, 11) is 0. The Hall–Kier alpha value is -13.0. The van der Waals surface area contributed by atoms with Crippen LogP contribution in [-0.4, -0.2) is 131 Å². The summed E-state index contributed by atoms with van der Waals surface area (Å²) in [6, 6.07) is 26.1. The molecule has 15 rings (SSSR count). The second kappa shape index (κ2) is 31.7. The second-order valence-electron chi connectivity index (χ2n) is 33.8. The molecule has 3 saturated heterocycles. The predicted molar refractivity (Wildman–Crippen MR) is 419 cm³/mol. The molecule has 7 N–H and O–H groups in total. The molecular weight excluding hydrogens is 1560 g/mol. The molecule has 7 aliphatic heterocycles. The van der Waals surface area contributed by atoms with Gasteiger partial charge in [0, 0.05) is 118 Å². The van der Waals surface area contributed by atoms with Crippen LogP contribution in [0.2, 0.25) is 0 Å². The minimum absolute atomic E-state index is 0.0602. The van der Waals surface area contributed by atoms with Gasteiger partial charge in [-0.15, -0.1) is 5.06 Å². The number of hydroxylamine groups is 2. The van der Waals surface area contributed by atoms with Gasteiger partial charge in [-0.05, 0) is 182 Å². The lowest BCUT2D eigenvalue weighted by Gasteiger charge is -2.37. The highest BCUT2D eigenvalue weighted by Gasteiger charge is 2.57. The van der Waals surface area contributed by atoms with Crippen LogP contribution in [0, 0.1) is 35.5 Å². The number of carbonyl (C=O) groups excluding carboxylic acids is 10. The number of fused-ring (bicyclic) bond motifs is 12. The van der Waals surface area contributed by atoms with Crippen molar-refractivity contribution in [1.82, 2.24) is 29.5 Å². The maximum atomic E-state index is 14.0. The number of nitrogens with two attached hydrogens (primary N) is 1. The van der Waals surface area contributed by atoms with Crippen LogP contribution in [0.5, 0.6) is 46.0 Å². The molecule has 628 valence electrons. The Morgan fingerprint density at radius 2 is 0.825 bits per heavy atom. The number of nitrogens with zero attached hydrogens (tertiary/aromatic N) is 3. The van der Waals surface area contributed by atoms with Gasteiger partial charge in [0.15, 0.2) is 11.2 Å². The third kappa shape index (κ3) is 16.3. The number of rotatable bonds is 12. The van der Waals surface area contributed by atoms with Crippen molar-refractivity contribution in [2.24, 2.45) is 27.4 Å². The standard InChI is InChI=1S/C41H41N3O12.C35H31NO11.C10H15N3O4/c1-20-18-44(38(51)43-33(20)46)32-17-28(31(19-45)55-32)42-34(47)21-8-11-24-27(14-21)41(56-35(24)48)25-12-9-22(52-36(49)39(2,3)4)15-29(25)54-30-16-23(10-13-26(30)41)53-37(50)40(5,6)7;1-33(2,3)31(41)43-19-8-11-22-25(16-19)45-26-17-20(44-32(42)34(4,5)6)9-12-23(26)35(22)24-15-18(7-10-21(24)30(40)46-35)29(39)47-36-27(37)13-14-28(36)38;1-5-3-13(10(16)12-9(5)15)8-2-6(11)7(4-14)17-8/h8-16,18,28,31-32,45H,17,19H2,1-7H3,(H,42,47)(H,43,46,51);7-12,15-17H,13-14H2,1-6H3;3,6-8,14H,2,4,11H2,1H3,(H,12,15,16)/t28-,31-,32-;;6-,7-,8-/m1.1/s1. The van der Waals surface area contributed by atoms with E-state index >= 15 is 0 Å². The van der Waals surface area contributed by atoms with Crippen LogP contribution in [0.1, 0.15) is 207 Å². The molecule has 7 aliphatic rings. The number of nitrogens with one attached hydrogen (secondary N) is 3. The first kappa shape index (κ1) is 84.9. The van der Waals surface area contributed by atoms with E-state index in [4.69, 9.17) is 63.0 Å². The summed E-state index contributed by atoms with van der Waals surface area (Å²) in [4.78, 5) is 186. The van der Waals surface area contributed by atoms with Crippen molar-refractivity contribution in [2.75, 3.05) is 13.2 Å². The number of aromatic nitrogens is 4. The number of hydrogen-bond acceptors (Lipinski definition) is 28. The Morgan fingerprint density at radius 3 is 1.18 bits per heavy atom. The van der Waals surface area contributed by atoms with Gasteiger partial charge in [0.05, 0.1) is 63.7 Å². The normalized spacial score (nSPS) is 19.4. The van der Waals surface area contributed by atoms with E-state index in [0.29, 0.717) is 44.9 Å². The average Bonchev–Trinajstić information content (AvgIpc) is 1.50. The number of aryl methyl sites for hydroxylation is 2. The minimum atomic E-state index is -1.68. The first-order chi connectivity index (χ1) is 56.3. The van der Waals surface area contributed by atoms with Crippen LogP contribution in [-0.2, 0) is 63.8 Å². The molecule has 9 heterocycles. The van der Waals surface area contributed by atoms with Crippen molar-refractivity contribution in [3.05, 3.63) is 230 Å². The second-order valence-corrected chi connectivity index (χ2v) is 33.8. The van der Waals surface area contributed by atoms with Crippen molar-refractivity contribution < 1.29 is 110 Å². The minimum Gasteiger partial charge on any atom is -0.456 e. The van der Waals surface area contributed by atoms with Gasteiger partial charge >= 0.3 is 53.2 Å². The van der Waals surface area contributed by atoms with E-state index in [2.05, 4.69) is 15.3 Å². The molecule has 2 aromatic heterocycles. The van der Waals surface area contributed by atoms with Gasteiger partial charge in [-0.1, -0.05) is 0 Å². The van der Waals surface area contributed by atoms with Crippen molar-refractivity contribution in [2.45, 2.75) is 171 Å². The maximum absolute atomic E-state index is 14.0. The first-order valence-electron chi connectivity index (χ1n) is 38.2. The number of carbonyl (C=O) groups is 10. The molecular formula is C86H87N7O27. The molecule has 120 heavy (non-hydrogen) atoms. The highest BCUT2D eigenvalue weighted by Crippen LogP contribution is 2.60. The number of imide groups is 1. The van der Waals surface area contributed by atoms with Crippen molar-refractivity contribution >= 4 is 59.5 Å². The number of aliphatic hydroxyl groups excluding tert-OH is 2. The lowest BCUT2D eigenvalue weighted by molar-refractivity contribution is -0.172. The third-order valence-electron chi connectivity index (χ3n) is 20.6. The van der Waals surface area contributed by atoms with Crippen LogP contribution >= 0.6 is 0 Å². The van der Waals surface area contributed by atoms with Crippen LogP contribution in [0.15, 0.2) is 141 Å². The molecule has 34 heteroatoms. The lowest BCUT2D eigenvalue weighted by atomic mass is 9.77. The Kier molecular flexibility index (Phi) is 22.4. The Labute approximate surface area is 683 Å². The van der Waals surface area contributed by atoms with Gasteiger partial charge < -0.3 is 73.5 Å². The highest BCUT2D eigenvalue weighted by atomic mass is 16.7. The number of aliphatic hydroxyl groups is 2. The van der Waals surface area contributed by atoms with Gasteiger partial charge in [-0.2, -0.15) is 0 Å². The molecule has 0 unspecified atom stereocenters. The van der Waals surface area contributed by atoms with E-state index in [9.17, 15) is 72.2 Å². The van der Waals surface area contributed by atoms with Gasteiger partial charge in [-0.3, -0.25) is 62.3 Å². The first-order valence-corrected chi connectivity index (χ1v) is 38.2. The van der Waals surface area contributed by atoms with Crippen LogP contribution in [0.4, 0.5) is 0 Å². The molecule has 3 amide bonds. The quantitative estimate of drug-likeness (QED) is 0.0381. The van der Waals surface area contributed by atoms with E-state index in [-0.39, 0.29) is 111 Å². The lowest BCUT2D eigenvalue weighted by Crippen LogP contribution is -2.42. The molecule has 3 fully saturated rings. The summed E-state index contributed by atoms with van der Waals surface area (Å²) in [5.74, 6) is -4.81. The number of esters is 6. The zero-order valence-corrected chi connectivity index (χ0v) is 67.8. The predicted octanol–water partition coefficient (Wildman–Crippen LogP) is 8.22. The van der Waals surface area contributed by atoms with E-state index in [1.165, 1.54) is 101 Å². The summed E-state index contributed by atoms with van der Waals surface area (Å²) < 4.78 is 61.5. The van der Waals surface area contributed by atoms with Gasteiger partial charge in [0.1, 0.15) is 64.6 Å². The zero-order chi connectivity index (χ0) is 87.1. The fourth-order valence-electron chi connectivity index (χ4n) is 13.9. The zero-order valence-electron chi connectivity index (χ0n) is 67.8. The number of aromatic amines is 2. The summed E-state index contributed by atoms with van der Waals surface area (Å²) in [6.07, 6.45) is 0.404. The number of hydrogen-bond donors (Lipinski definition) is 6. The van der Waals surface area contributed by atoms with Crippen molar-refractivity contribution in [3.63, 3.8) is 0 Å². The topological polar surface area (TPSA) is 464 Å². The fraction of sp³-hybridized carbons (Fsp3) is 0.372. The van der Waals surface area contributed by atoms with Crippen LogP contribution in [0.3, 0.4) is 0 Å². The molecule has 0 bridgehead atoms. The number of benzene rings is 6. The molecule has 0 aliphatic carbocycles. The smallest absolute Gasteiger partial charge is 0.363 e. The largest absolute Gasteiger partial charge is 0.456 e. The summed E-state index contributed by atoms with van der Waals surface area (Å²) >= 11 is 0. The summed E-state index contributed by atoms with van der Waals surface area (Å²) in [6.45, 7) is 23.1. The Balaban J connectivity index is 0.000000175.